The van der Waals surface area contributed by atoms with E-state index in [2.05, 4.69) is 68.8 Å². The first-order valence-electron chi connectivity index (χ1n) is 13.1. The molecule has 0 amide bonds. The molecule has 10 heteroatoms. The maximum Gasteiger partial charge on any atom is 0.349 e. The second kappa shape index (κ2) is 10.4. The molecule has 5 rings (SSSR count). The normalized spacial score (nSPS) is 21.4. The highest BCUT2D eigenvalue weighted by molar-refractivity contribution is 5.86. The van der Waals surface area contributed by atoms with Crippen LogP contribution in [0.2, 0.25) is 0 Å². The highest BCUT2D eigenvalue weighted by Gasteiger charge is 2.34. The van der Waals surface area contributed by atoms with Crippen molar-refractivity contribution in [3.8, 4) is 6.07 Å². The Labute approximate surface area is 221 Å². The maximum atomic E-state index is 13.4. The number of pyridine rings is 1. The predicted molar refractivity (Wildman–Crippen MR) is 142 cm³/mol. The highest BCUT2D eigenvalue weighted by Crippen LogP contribution is 2.30. The van der Waals surface area contributed by atoms with Gasteiger partial charge < -0.3 is 4.90 Å². The van der Waals surface area contributed by atoms with Crippen molar-refractivity contribution in [3.05, 3.63) is 63.7 Å². The fraction of sp³-hybridized carbons (Fsp3) is 0.500. The van der Waals surface area contributed by atoms with E-state index in [9.17, 15) is 18.8 Å². The van der Waals surface area contributed by atoms with Crippen LogP contribution in [0, 0.1) is 11.3 Å². The molecule has 38 heavy (non-hydrogen) atoms. The molecule has 0 N–H and O–H groups in total. The number of alkyl halides is 2. The summed E-state index contributed by atoms with van der Waals surface area (Å²) >= 11 is 0. The molecule has 2 aliphatic rings. The molecule has 0 spiro atoms. The second-order valence-electron chi connectivity index (χ2n) is 10.5. The average Bonchev–Trinajstić information content (AvgIpc) is 2.91. The Morgan fingerprint density at radius 1 is 1.08 bits per heavy atom. The molecule has 0 aliphatic carbocycles. The number of piperazine rings is 1. The van der Waals surface area contributed by atoms with Gasteiger partial charge in [-0.2, -0.15) is 10.2 Å². The van der Waals surface area contributed by atoms with Gasteiger partial charge in [0, 0.05) is 71.2 Å². The van der Waals surface area contributed by atoms with E-state index in [0.717, 1.165) is 18.7 Å². The molecular formula is C28H33F2N7O. The molecule has 0 saturated carbocycles. The molecule has 1 aromatic carbocycles. The Morgan fingerprint density at radius 2 is 1.79 bits per heavy atom. The minimum absolute atomic E-state index is 0.0648. The van der Waals surface area contributed by atoms with Gasteiger partial charge in [0.25, 0.3) is 5.92 Å². The van der Waals surface area contributed by atoms with E-state index in [1.54, 1.807) is 19.2 Å². The van der Waals surface area contributed by atoms with Crippen LogP contribution in [0.1, 0.15) is 49.6 Å². The van der Waals surface area contributed by atoms with Crippen LogP contribution in [-0.2, 0) is 13.6 Å². The number of rotatable bonds is 5. The van der Waals surface area contributed by atoms with Gasteiger partial charge in [0.1, 0.15) is 17.3 Å². The quantitative estimate of drug-likeness (QED) is 0.506. The SMILES string of the molecule is CC(c1ccc(CN2CCC(F)(F)CC2)cc1)N1CCN(c2nc(=O)n(C)c3ccc(C#N)nc23)C(C)C1. The zero-order chi connectivity index (χ0) is 27.0. The van der Waals surface area contributed by atoms with E-state index in [4.69, 9.17) is 0 Å². The van der Waals surface area contributed by atoms with Gasteiger partial charge in [-0.15, -0.1) is 0 Å². The molecular weight excluding hydrogens is 488 g/mol. The van der Waals surface area contributed by atoms with Crippen LogP contribution in [0.5, 0.6) is 0 Å². The number of nitriles is 1. The van der Waals surface area contributed by atoms with Crippen molar-refractivity contribution in [3.63, 3.8) is 0 Å². The fourth-order valence-corrected chi connectivity index (χ4v) is 5.53. The van der Waals surface area contributed by atoms with Crippen molar-refractivity contribution < 1.29 is 8.78 Å². The van der Waals surface area contributed by atoms with E-state index >= 15 is 0 Å². The summed E-state index contributed by atoms with van der Waals surface area (Å²) in [6.45, 7) is 8.10. The van der Waals surface area contributed by atoms with Crippen LogP contribution >= 0.6 is 0 Å². The van der Waals surface area contributed by atoms with Crippen LogP contribution in [0.25, 0.3) is 11.0 Å². The molecule has 3 aromatic rings. The summed E-state index contributed by atoms with van der Waals surface area (Å²) < 4.78 is 28.4. The molecule has 0 radical (unpaired) electrons. The third kappa shape index (κ3) is 5.26. The fourth-order valence-electron chi connectivity index (χ4n) is 5.53. The lowest BCUT2D eigenvalue weighted by molar-refractivity contribution is -0.0566. The van der Waals surface area contributed by atoms with E-state index in [-0.39, 0.29) is 30.6 Å². The lowest BCUT2D eigenvalue weighted by atomic mass is 10.0. The molecule has 2 atom stereocenters. The van der Waals surface area contributed by atoms with Gasteiger partial charge in [-0.1, -0.05) is 24.3 Å². The summed E-state index contributed by atoms with van der Waals surface area (Å²) in [5, 5.41) is 9.34. The minimum atomic E-state index is -2.52. The summed E-state index contributed by atoms with van der Waals surface area (Å²) in [6.07, 6.45) is -0.130. The van der Waals surface area contributed by atoms with Crippen LogP contribution in [0.4, 0.5) is 14.6 Å². The van der Waals surface area contributed by atoms with Gasteiger partial charge in [-0.05, 0) is 37.1 Å². The number of halogens is 2. The molecule has 200 valence electrons. The van der Waals surface area contributed by atoms with Crippen molar-refractivity contribution in [1.82, 2.24) is 24.3 Å². The Kier molecular flexibility index (Phi) is 7.16. The van der Waals surface area contributed by atoms with Crippen molar-refractivity contribution in [2.45, 2.75) is 51.2 Å². The first-order valence-corrected chi connectivity index (χ1v) is 13.1. The zero-order valence-corrected chi connectivity index (χ0v) is 22.1. The number of nitrogens with zero attached hydrogens (tertiary/aromatic N) is 7. The summed E-state index contributed by atoms with van der Waals surface area (Å²) in [5.41, 5.74) is 3.50. The summed E-state index contributed by atoms with van der Waals surface area (Å²) in [5.74, 6) is -1.99. The first kappa shape index (κ1) is 26.2. The standard InChI is InChI=1S/C28H33F2N7O/c1-19-17-36(20(2)22-6-4-21(5-7-22)18-35-12-10-28(29,30)11-13-35)14-15-37(19)26-25-24(34(3)27(38)33-26)9-8-23(16-31)32-25/h4-9,19-20H,10-15,17-18H2,1-3H3. The van der Waals surface area contributed by atoms with Gasteiger partial charge in [0.05, 0.1) is 5.52 Å². The molecule has 2 aromatic heterocycles. The third-order valence-corrected chi connectivity index (χ3v) is 7.98. The van der Waals surface area contributed by atoms with Gasteiger partial charge in [-0.25, -0.2) is 18.6 Å². The van der Waals surface area contributed by atoms with E-state index in [0.29, 0.717) is 48.7 Å². The minimum Gasteiger partial charge on any atom is -0.349 e. The molecule has 4 heterocycles. The second-order valence-corrected chi connectivity index (χ2v) is 10.5. The number of likely N-dealkylation sites (tertiary alicyclic amines) is 1. The van der Waals surface area contributed by atoms with Gasteiger partial charge in [0.15, 0.2) is 5.82 Å². The van der Waals surface area contributed by atoms with E-state index in [1.807, 2.05) is 0 Å². The number of anilines is 1. The van der Waals surface area contributed by atoms with Crippen LogP contribution in [0.15, 0.2) is 41.2 Å². The highest BCUT2D eigenvalue weighted by atomic mass is 19.3. The first-order chi connectivity index (χ1) is 18.1. The number of aryl methyl sites for hydroxylation is 1. The van der Waals surface area contributed by atoms with Gasteiger partial charge in [-0.3, -0.25) is 14.4 Å². The summed E-state index contributed by atoms with van der Waals surface area (Å²) in [6, 6.07) is 14.2. The van der Waals surface area contributed by atoms with Crippen LogP contribution in [0.3, 0.4) is 0 Å². The smallest absolute Gasteiger partial charge is 0.349 e. The number of piperidine rings is 1. The largest absolute Gasteiger partial charge is 0.349 e. The van der Waals surface area contributed by atoms with Crippen LogP contribution in [-0.4, -0.2) is 69.0 Å². The van der Waals surface area contributed by atoms with Gasteiger partial charge >= 0.3 is 5.69 Å². The Bertz CT molecular complexity index is 1410. The molecule has 2 aliphatic heterocycles. The molecule has 2 saturated heterocycles. The van der Waals surface area contributed by atoms with Crippen molar-refractivity contribution >= 4 is 16.9 Å². The average molecular weight is 522 g/mol. The summed E-state index contributed by atoms with van der Waals surface area (Å²) in [4.78, 5) is 28.0. The summed E-state index contributed by atoms with van der Waals surface area (Å²) in [7, 11) is 1.66. The van der Waals surface area contributed by atoms with Gasteiger partial charge in [0.2, 0.25) is 0 Å². The van der Waals surface area contributed by atoms with Crippen molar-refractivity contribution in [2.75, 3.05) is 37.6 Å². The lowest BCUT2D eigenvalue weighted by Crippen LogP contribution is -2.53. The van der Waals surface area contributed by atoms with E-state index in [1.165, 1.54) is 10.1 Å². The molecule has 8 nitrogen and oxygen atoms in total. The topological polar surface area (TPSA) is 81.3 Å². The lowest BCUT2D eigenvalue weighted by Gasteiger charge is -2.43. The Balaban J connectivity index is 1.27. The van der Waals surface area contributed by atoms with E-state index < -0.39 is 5.92 Å². The third-order valence-electron chi connectivity index (χ3n) is 7.98. The van der Waals surface area contributed by atoms with Crippen molar-refractivity contribution in [2.24, 2.45) is 7.05 Å². The number of fused-ring (bicyclic) bond motifs is 1. The van der Waals surface area contributed by atoms with Crippen LogP contribution < -0.4 is 10.6 Å². The number of benzene rings is 1. The molecule has 2 unspecified atom stereocenters. The zero-order valence-electron chi connectivity index (χ0n) is 22.1. The molecule has 2 fully saturated rings. The Morgan fingerprint density at radius 3 is 2.45 bits per heavy atom. The predicted octanol–water partition coefficient (Wildman–Crippen LogP) is 3.70. The maximum absolute atomic E-state index is 13.4. The number of hydrogen-bond donors (Lipinski definition) is 0. The Hall–Kier alpha value is -3.42. The van der Waals surface area contributed by atoms with Crippen molar-refractivity contribution in [1.29, 1.82) is 5.26 Å². The number of aromatic nitrogens is 3. The number of hydrogen-bond acceptors (Lipinski definition) is 7. The molecule has 0 bridgehead atoms. The monoisotopic (exact) mass is 521 g/mol.